The molecule has 8 heteroatoms. The van der Waals surface area contributed by atoms with Crippen molar-refractivity contribution in [2.75, 3.05) is 0 Å². The van der Waals surface area contributed by atoms with E-state index in [-0.39, 0.29) is 28.5 Å². The fourth-order valence-corrected chi connectivity index (χ4v) is 6.43. The van der Waals surface area contributed by atoms with E-state index >= 15 is 0 Å². The average molecular weight is 370 g/mol. The Kier molecular flexibility index (Phi) is 3.67. The van der Waals surface area contributed by atoms with Crippen molar-refractivity contribution in [2.24, 2.45) is 30.7 Å². The number of fused-ring (bicyclic) bond motifs is 1. The summed E-state index contributed by atoms with van der Waals surface area (Å²) in [6.45, 7) is 2.19. The van der Waals surface area contributed by atoms with Gasteiger partial charge in [-0.3, -0.25) is 4.79 Å². The normalized spacial score (nSPS) is 34.3. The van der Waals surface area contributed by atoms with Gasteiger partial charge in [-0.25, -0.2) is 14.2 Å². The number of rotatable bonds is 4. The van der Waals surface area contributed by atoms with Gasteiger partial charge in [-0.15, -0.1) is 5.10 Å². The monoisotopic (exact) mass is 370 g/mol. The molecule has 8 nitrogen and oxygen atoms in total. The number of nitrogens with one attached hydrogen (secondary N) is 1. The summed E-state index contributed by atoms with van der Waals surface area (Å²) in [4.78, 5) is 29.6. The van der Waals surface area contributed by atoms with Crippen molar-refractivity contribution >= 4 is 11.6 Å². The van der Waals surface area contributed by atoms with Gasteiger partial charge in [0.1, 0.15) is 6.33 Å². The molecule has 1 amide bonds. The van der Waals surface area contributed by atoms with Crippen molar-refractivity contribution in [3.8, 4) is 0 Å². The molecular weight excluding hydrogens is 344 g/mol. The van der Waals surface area contributed by atoms with Crippen LogP contribution < -0.4 is 11.0 Å². The lowest BCUT2D eigenvalue weighted by atomic mass is 9.47. The minimum Gasteiger partial charge on any atom is -0.345 e. The summed E-state index contributed by atoms with van der Waals surface area (Å²) in [7, 11) is 1.53. The quantitative estimate of drug-likeness (QED) is 0.881. The zero-order valence-corrected chi connectivity index (χ0v) is 15.9. The molecule has 4 saturated carbocycles. The highest BCUT2D eigenvalue weighted by atomic mass is 16.2. The van der Waals surface area contributed by atoms with E-state index in [2.05, 4.69) is 27.5 Å². The maximum Gasteiger partial charge on any atom is 0.352 e. The highest BCUT2D eigenvalue weighted by Crippen LogP contribution is 2.59. The minimum atomic E-state index is -0.357. The molecule has 1 N–H and O–H groups in total. The van der Waals surface area contributed by atoms with Gasteiger partial charge in [-0.2, -0.15) is 4.68 Å². The molecule has 2 heterocycles. The molecule has 0 radical (unpaired) electrons. The molecule has 0 aromatic carbocycles. The first-order chi connectivity index (χ1) is 13.0. The number of imidazole rings is 1. The Hall–Kier alpha value is -2.25. The molecule has 0 atom stereocenters. The predicted octanol–water partition coefficient (Wildman–Crippen LogP) is 1.55. The Balaban J connectivity index is 1.50. The number of aryl methyl sites for hydroxylation is 1. The Labute approximate surface area is 157 Å². The molecule has 2 aromatic rings. The zero-order valence-electron chi connectivity index (χ0n) is 15.9. The molecule has 2 aromatic heterocycles. The first kappa shape index (κ1) is 16.9. The topological polar surface area (TPSA) is 94.2 Å². The number of nitrogens with zero attached hydrogens (tertiary/aromatic N) is 5. The van der Waals surface area contributed by atoms with Crippen LogP contribution in [0.15, 0.2) is 11.1 Å². The minimum absolute atomic E-state index is 0.137. The second-order valence-electron chi connectivity index (χ2n) is 8.83. The van der Waals surface area contributed by atoms with Gasteiger partial charge < -0.3 is 5.32 Å². The fraction of sp³-hybridized carbons (Fsp3) is 0.737. The summed E-state index contributed by atoms with van der Waals surface area (Å²) in [5, 5.41) is 11.3. The number of amides is 1. The number of hydrogen-bond donors (Lipinski definition) is 1. The molecule has 4 fully saturated rings. The molecule has 0 spiro atoms. The molecule has 6 rings (SSSR count). The van der Waals surface area contributed by atoms with Crippen LogP contribution >= 0.6 is 0 Å². The highest BCUT2D eigenvalue weighted by molar-refractivity contribution is 5.98. The van der Waals surface area contributed by atoms with Crippen LogP contribution in [0.5, 0.6) is 0 Å². The van der Waals surface area contributed by atoms with Gasteiger partial charge in [0.15, 0.2) is 11.3 Å². The van der Waals surface area contributed by atoms with E-state index in [1.807, 2.05) is 0 Å². The molecule has 0 unspecified atom stereocenters. The lowest BCUT2D eigenvalue weighted by Crippen LogP contribution is -2.66. The number of carbonyl (C=O) groups excluding carboxylic acids is 1. The van der Waals surface area contributed by atoms with Crippen LogP contribution in [0, 0.1) is 23.7 Å². The van der Waals surface area contributed by atoms with Crippen molar-refractivity contribution in [3.05, 3.63) is 22.5 Å². The van der Waals surface area contributed by atoms with Gasteiger partial charge in [-0.05, 0) is 62.2 Å². The second kappa shape index (κ2) is 5.87. The maximum atomic E-state index is 13.2. The van der Waals surface area contributed by atoms with E-state index in [1.165, 1.54) is 49.9 Å². The van der Waals surface area contributed by atoms with Gasteiger partial charge >= 0.3 is 5.69 Å². The van der Waals surface area contributed by atoms with Crippen LogP contribution in [-0.4, -0.2) is 35.8 Å². The maximum absolute atomic E-state index is 13.2. The number of aromatic nitrogens is 5. The largest absolute Gasteiger partial charge is 0.352 e. The third-order valence-electron chi connectivity index (χ3n) is 7.32. The molecule has 27 heavy (non-hydrogen) atoms. The molecule has 4 bridgehead atoms. The van der Waals surface area contributed by atoms with E-state index in [4.69, 9.17) is 0 Å². The van der Waals surface area contributed by atoms with Crippen molar-refractivity contribution in [1.29, 1.82) is 0 Å². The van der Waals surface area contributed by atoms with Crippen molar-refractivity contribution < 1.29 is 4.79 Å². The summed E-state index contributed by atoms with van der Waals surface area (Å²) >= 11 is 0. The summed E-state index contributed by atoms with van der Waals surface area (Å²) in [6, 6.07) is 0. The smallest absolute Gasteiger partial charge is 0.345 e. The third kappa shape index (κ3) is 2.38. The third-order valence-corrected chi connectivity index (χ3v) is 7.32. The van der Waals surface area contributed by atoms with E-state index in [0.29, 0.717) is 11.8 Å². The van der Waals surface area contributed by atoms with E-state index in [9.17, 15) is 9.59 Å². The standard InChI is InChI=1S/C19H26N6O2/c1-3-4-19(13-6-11-5-12(8-13)9-14(19)7-11)21-17(26)15-16-22-23-24(2)18(27)25(16)10-20-15/h10-14H,3-9H2,1-2H3,(H,21,26). The van der Waals surface area contributed by atoms with Gasteiger partial charge in [0.25, 0.3) is 5.91 Å². The van der Waals surface area contributed by atoms with E-state index < -0.39 is 0 Å². The fourth-order valence-electron chi connectivity index (χ4n) is 6.43. The van der Waals surface area contributed by atoms with Crippen LogP contribution in [0.4, 0.5) is 0 Å². The van der Waals surface area contributed by atoms with Crippen LogP contribution in [0.3, 0.4) is 0 Å². The molecular formula is C19H26N6O2. The molecule has 144 valence electrons. The van der Waals surface area contributed by atoms with Crippen LogP contribution in [-0.2, 0) is 7.05 Å². The van der Waals surface area contributed by atoms with Crippen LogP contribution in [0.2, 0.25) is 0 Å². The Morgan fingerprint density at radius 1 is 1.22 bits per heavy atom. The number of hydrogen-bond acceptors (Lipinski definition) is 5. The second-order valence-corrected chi connectivity index (χ2v) is 8.83. The van der Waals surface area contributed by atoms with Gasteiger partial charge in [0, 0.05) is 12.6 Å². The first-order valence-electron chi connectivity index (χ1n) is 10.1. The van der Waals surface area contributed by atoms with E-state index in [0.717, 1.165) is 29.4 Å². The summed E-state index contributed by atoms with van der Waals surface area (Å²) in [5.41, 5.74) is -0.0671. The van der Waals surface area contributed by atoms with Crippen LogP contribution in [0.1, 0.15) is 62.4 Å². The van der Waals surface area contributed by atoms with Crippen LogP contribution in [0.25, 0.3) is 5.65 Å². The van der Waals surface area contributed by atoms with Crippen molar-refractivity contribution in [3.63, 3.8) is 0 Å². The van der Waals surface area contributed by atoms with Gasteiger partial charge in [0.2, 0.25) is 0 Å². The SMILES string of the molecule is CCCC1(NC(=O)c2ncn3c(=O)n(C)nnc23)C2CC3CC(C2)CC1C3. The first-order valence-corrected chi connectivity index (χ1v) is 10.1. The van der Waals surface area contributed by atoms with E-state index in [1.54, 1.807) is 0 Å². The molecule has 0 aliphatic heterocycles. The zero-order chi connectivity index (χ0) is 18.8. The van der Waals surface area contributed by atoms with Gasteiger partial charge in [0.05, 0.1) is 0 Å². The average Bonchev–Trinajstić information content (AvgIpc) is 3.07. The summed E-state index contributed by atoms with van der Waals surface area (Å²) in [5.74, 6) is 2.59. The van der Waals surface area contributed by atoms with Crippen molar-refractivity contribution in [2.45, 2.75) is 57.4 Å². The molecule has 4 aliphatic rings. The highest BCUT2D eigenvalue weighted by Gasteiger charge is 2.57. The Morgan fingerprint density at radius 2 is 1.89 bits per heavy atom. The summed E-state index contributed by atoms with van der Waals surface area (Å²) in [6.07, 6.45) is 9.74. The number of carbonyl (C=O) groups is 1. The predicted molar refractivity (Wildman–Crippen MR) is 98.2 cm³/mol. The molecule has 4 aliphatic carbocycles. The van der Waals surface area contributed by atoms with Crippen molar-refractivity contribution in [1.82, 2.24) is 29.7 Å². The van der Waals surface area contributed by atoms with Gasteiger partial charge in [-0.1, -0.05) is 18.6 Å². The lowest BCUT2D eigenvalue weighted by Gasteiger charge is -2.61. The Morgan fingerprint density at radius 3 is 2.52 bits per heavy atom. The lowest BCUT2D eigenvalue weighted by molar-refractivity contribution is -0.0733. The molecule has 0 saturated heterocycles. The Bertz CT molecular complexity index is 933. The summed E-state index contributed by atoms with van der Waals surface area (Å²) < 4.78 is 2.41.